The van der Waals surface area contributed by atoms with Gasteiger partial charge < -0.3 is 9.84 Å². The van der Waals surface area contributed by atoms with Crippen molar-refractivity contribution >= 4 is 0 Å². The number of aromatic nitrogens is 3. The number of pyridine rings is 1. The lowest BCUT2D eigenvalue weighted by Gasteiger charge is -2.05. The molecule has 0 saturated carbocycles. The first-order valence-corrected chi connectivity index (χ1v) is 5.50. The lowest BCUT2D eigenvalue weighted by molar-refractivity contribution is 0.281. The first kappa shape index (κ1) is 11.6. The minimum atomic E-state index is -0.0199. The summed E-state index contributed by atoms with van der Waals surface area (Å²) >= 11 is 0. The molecule has 0 bridgehead atoms. The molecule has 0 amide bonds. The lowest BCUT2D eigenvalue weighted by atomic mass is 10.2. The molecule has 2 aromatic rings. The van der Waals surface area contributed by atoms with Crippen molar-refractivity contribution in [2.24, 2.45) is 0 Å². The average Bonchev–Trinajstić information content (AvgIpc) is 2.76. The molecule has 1 N–H and O–H groups in total. The van der Waals surface area contributed by atoms with Gasteiger partial charge in [0.15, 0.2) is 5.75 Å². The minimum absolute atomic E-state index is 0.0199. The molecule has 0 spiro atoms. The molecule has 0 aliphatic heterocycles. The van der Waals surface area contributed by atoms with Gasteiger partial charge in [0.2, 0.25) is 5.88 Å². The van der Waals surface area contributed by atoms with Crippen molar-refractivity contribution in [1.29, 1.82) is 0 Å². The van der Waals surface area contributed by atoms with Crippen LogP contribution in [0.1, 0.15) is 18.2 Å². The standard InChI is InChI=1S/C12H15N3O2/c1-3-15-7-11(6-13-15)17-12-5-10(8-16)4-9(2)14-12/h4-7,16H,3,8H2,1-2H3. The van der Waals surface area contributed by atoms with Crippen molar-refractivity contribution in [3.05, 3.63) is 35.8 Å². The van der Waals surface area contributed by atoms with Gasteiger partial charge in [-0.05, 0) is 25.5 Å². The van der Waals surface area contributed by atoms with Crippen LogP contribution in [0.25, 0.3) is 0 Å². The van der Waals surface area contributed by atoms with E-state index in [2.05, 4.69) is 10.1 Å². The molecule has 0 aliphatic carbocycles. The lowest BCUT2D eigenvalue weighted by Crippen LogP contribution is -1.94. The fourth-order valence-corrected chi connectivity index (χ4v) is 1.54. The molecule has 0 saturated heterocycles. The monoisotopic (exact) mass is 233 g/mol. The average molecular weight is 233 g/mol. The third-order valence-electron chi connectivity index (χ3n) is 2.33. The van der Waals surface area contributed by atoms with E-state index in [1.807, 2.05) is 26.1 Å². The fourth-order valence-electron chi connectivity index (χ4n) is 1.54. The zero-order chi connectivity index (χ0) is 12.3. The van der Waals surface area contributed by atoms with E-state index in [0.29, 0.717) is 11.6 Å². The predicted molar refractivity (Wildman–Crippen MR) is 62.9 cm³/mol. The van der Waals surface area contributed by atoms with E-state index in [4.69, 9.17) is 9.84 Å². The predicted octanol–water partition coefficient (Wildman–Crippen LogP) is 1.89. The highest BCUT2D eigenvalue weighted by molar-refractivity contribution is 5.28. The Morgan fingerprint density at radius 3 is 2.88 bits per heavy atom. The van der Waals surface area contributed by atoms with Crippen molar-refractivity contribution in [1.82, 2.24) is 14.8 Å². The first-order chi connectivity index (χ1) is 8.21. The van der Waals surface area contributed by atoms with E-state index in [1.54, 1.807) is 16.9 Å². The summed E-state index contributed by atoms with van der Waals surface area (Å²) < 4.78 is 7.35. The smallest absolute Gasteiger partial charge is 0.219 e. The van der Waals surface area contributed by atoms with Crippen LogP contribution in [-0.4, -0.2) is 19.9 Å². The Kier molecular flexibility index (Phi) is 3.39. The summed E-state index contributed by atoms with van der Waals surface area (Å²) in [4.78, 5) is 4.24. The van der Waals surface area contributed by atoms with Crippen LogP contribution in [0.2, 0.25) is 0 Å². The van der Waals surface area contributed by atoms with Crippen molar-refractivity contribution in [3.63, 3.8) is 0 Å². The molecular formula is C12H15N3O2. The Bertz CT molecular complexity index is 508. The Hall–Kier alpha value is -1.88. The molecule has 0 fully saturated rings. The highest BCUT2D eigenvalue weighted by atomic mass is 16.5. The number of aliphatic hydroxyl groups excluding tert-OH is 1. The molecule has 2 aromatic heterocycles. The van der Waals surface area contributed by atoms with Crippen molar-refractivity contribution in [3.8, 4) is 11.6 Å². The van der Waals surface area contributed by atoms with Crippen LogP contribution in [0.4, 0.5) is 0 Å². The summed E-state index contributed by atoms with van der Waals surface area (Å²) in [5.74, 6) is 1.12. The van der Waals surface area contributed by atoms with Gasteiger partial charge in [0.1, 0.15) is 0 Å². The maximum absolute atomic E-state index is 9.09. The topological polar surface area (TPSA) is 60.2 Å². The quantitative estimate of drug-likeness (QED) is 0.876. The van der Waals surface area contributed by atoms with Crippen LogP contribution < -0.4 is 4.74 Å². The van der Waals surface area contributed by atoms with Crippen molar-refractivity contribution < 1.29 is 9.84 Å². The van der Waals surface area contributed by atoms with Crippen LogP contribution in [0.5, 0.6) is 11.6 Å². The second kappa shape index (κ2) is 4.97. The number of aliphatic hydroxyl groups is 1. The molecule has 0 aromatic carbocycles. The molecule has 5 heteroatoms. The molecule has 17 heavy (non-hydrogen) atoms. The highest BCUT2D eigenvalue weighted by Gasteiger charge is 2.04. The molecule has 2 heterocycles. The van der Waals surface area contributed by atoms with Crippen LogP contribution in [0.3, 0.4) is 0 Å². The van der Waals surface area contributed by atoms with Crippen molar-refractivity contribution in [2.45, 2.75) is 27.0 Å². The summed E-state index contributed by atoms with van der Waals surface area (Å²) in [6, 6.07) is 3.54. The zero-order valence-electron chi connectivity index (χ0n) is 9.92. The first-order valence-electron chi connectivity index (χ1n) is 5.50. The van der Waals surface area contributed by atoms with E-state index >= 15 is 0 Å². The number of hydrogen-bond donors (Lipinski definition) is 1. The third kappa shape index (κ3) is 2.82. The third-order valence-corrected chi connectivity index (χ3v) is 2.33. The molecule has 90 valence electrons. The summed E-state index contributed by atoms with van der Waals surface area (Å²) in [6.07, 6.45) is 3.45. The van der Waals surface area contributed by atoms with E-state index in [0.717, 1.165) is 17.8 Å². The molecule has 0 unspecified atom stereocenters. The summed E-state index contributed by atoms with van der Waals surface area (Å²) in [7, 11) is 0. The number of nitrogens with zero attached hydrogens (tertiary/aromatic N) is 3. The van der Waals surface area contributed by atoms with E-state index in [1.165, 1.54) is 0 Å². The van der Waals surface area contributed by atoms with Crippen LogP contribution in [-0.2, 0) is 13.2 Å². The molecule has 0 atom stereocenters. The molecule has 0 aliphatic rings. The van der Waals surface area contributed by atoms with Crippen LogP contribution >= 0.6 is 0 Å². The van der Waals surface area contributed by atoms with E-state index in [-0.39, 0.29) is 6.61 Å². The van der Waals surface area contributed by atoms with Gasteiger partial charge in [-0.2, -0.15) is 5.10 Å². The number of ether oxygens (including phenoxy) is 1. The van der Waals surface area contributed by atoms with Crippen LogP contribution in [0, 0.1) is 6.92 Å². The summed E-state index contributed by atoms with van der Waals surface area (Å²) in [6.45, 7) is 4.65. The van der Waals surface area contributed by atoms with E-state index in [9.17, 15) is 0 Å². The van der Waals surface area contributed by atoms with Gasteiger partial charge in [-0.15, -0.1) is 0 Å². The number of hydrogen-bond acceptors (Lipinski definition) is 4. The maximum atomic E-state index is 9.09. The zero-order valence-corrected chi connectivity index (χ0v) is 9.92. The number of aryl methyl sites for hydroxylation is 2. The molecule has 5 nitrogen and oxygen atoms in total. The van der Waals surface area contributed by atoms with Gasteiger partial charge in [0, 0.05) is 18.3 Å². The van der Waals surface area contributed by atoms with Gasteiger partial charge >= 0.3 is 0 Å². The largest absolute Gasteiger partial charge is 0.436 e. The number of rotatable bonds is 4. The molecule has 2 rings (SSSR count). The second-order valence-corrected chi connectivity index (χ2v) is 3.75. The Morgan fingerprint density at radius 2 is 2.24 bits per heavy atom. The Labute approximate surface area is 99.7 Å². The fraction of sp³-hybridized carbons (Fsp3) is 0.333. The summed E-state index contributed by atoms with van der Waals surface area (Å²) in [5.41, 5.74) is 1.60. The van der Waals surface area contributed by atoms with Crippen LogP contribution in [0.15, 0.2) is 24.5 Å². The second-order valence-electron chi connectivity index (χ2n) is 3.75. The SMILES string of the molecule is CCn1cc(Oc2cc(CO)cc(C)n2)cn1. The molecular weight excluding hydrogens is 218 g/mol. The van der Waals surface area contributed by atoms with Gasteiger partial charge in [-0.1, -0.05) is 0 Å². The minimum Gasteiger partial charge on any atom is -0.436 e. The van der Waals surface area contributed by atoms with Gasteiger partial charge in [-0.3, -0.25) is 4.68 Å². The van der Waals surface area contributed by atoms with Crippen molar-refractivity contribution in [2.75, 3.05) is 0 Å². The Balaban J connectivity index is 2.20. The van der Waals surface area contributed by atoms with Gasteiger partial charge in [0.25, 0.3) is 0 Å². The van der Waals surface area contributed by atoms with Gasteiger partial charge in [0.05, 0.1) is 19.0 Å². The van der Waals surface area contributed by atoms with E-state index < -0.39 is 0 Å². The normalized spacial score (nSPS) is 10.5. The highest BCUT2D eigenvalue weighted by Crippen LogP contribution is 2.20. The molecule has 0 radical (unpaired) electrons. The summed E-state index contributed by atoms with van der Waals surface area (Å²) in [5, 5.41) is 13.2. The Morgan fingerprint density at radius 1 is 1.41 bits per heavy atom. The maximum Gasteiger partial charge on any atom is 0.219 e. The van der Waals surface area contributed by atoms with Gasteiger partial charge in [-0.25, -0.2) is 4.98 Å².